The fraction of sp³-hybridized carbons (Fsp3) is 0.167. The Morgan fingerprint density at radius 1 is 1.12 bits per heavy atom. The highest BCUT2D eigenvalue weighted by molar-refractivity contribution is 9.10. The largest absolute Gasteiger partial charge is 0.496 e. The summed E-state index contributed by atoms with van der Waals surface area (Å²) in [5.74, 6) is -0.138. The minimum atomic E-state index is -0.399. The average Bonchev–Trinajstić information content (AvgIpc) is 2.83. The lowest BCUT2D eigenvalue weighted by Gasteiger charge is -2.26. The van der Waals surface area contributed by atoms with Crippen molar-refractivity contribution in [3.63, 3.8) is 0 Å². The van der Waals surface area contributed by atoms with Gasteiger partial charge < -0.3 is 14.4 Å². The molecule has 0 aliphatic rings. The Bertz CT molecular complexity index is 1140. The van der Waals surface area contributed by atoms with Crippen LogP contribution in [0, 0.1) is 0 Å². The number of carbonyl (C=O) groups is 2. The number of ether oxygens (including phenoxy) is 2. The van der Waals surface area contributed by atoms with Crippen LogP contribution in [0.1, 0.15) is 33.2 Å². The molecule has 1 heterocycles. The van der Waals surface area contributed by atoms with Crippen molar-refractivity contribution in [3.05, 3.63) is 88.2 Å². The van der Waals surface area contributed by atoms with Crippen LogP contribution in [-0.4, -0.2) is 35.7 Å². The highest BCUT2D eigenvalue weighted by Crippen LogP contribution is 2.25. The van der Waals surface area contributed by atoms with E-state index in [0.29, 0.717) is 40.2 Å². The van der Waals surface area contributed by atoms with Crippen molar-refractivity contribution in [1.82, 2.24) is 10.3 Å². The zero-order valence-corrected chi connectivity index (χ0v) is 20.5. The van der Waals surface area contributed by atoms with E-state index in [2.05, 4.69) is 26.2 Å². The molecule has 1 amide bonds. The van der Waals surface area contributed by atoms with Crippen LogP contribution in [0.3, 0.4) is 0 Å². The van der Waals surface area contributed by atoms with E-state index >= 15 is 0 Å². The second-order valence-electron chi connectivity index (χ2n) is 6.82. The van der Waals surface area contributed by atoms with Crippen LogP contribution in [0.4, 0.5) is 5.69 Å². The third-order valence-corrected chi connectivity index (χ3v) is 5.58. The van der Waals surface area contributed by atoms with Gasteiger partial charge in [-0.2, -0.15) is 0 Å². The van der Waals surface area contributed by atoms with E-state index in [9.17, 15) is 9.59 Å². The van der Waals surface area contributed by atoms with Gasteiger partial charge in [-0.05, 0) is 89.2 Å². The molecular weight excluding hydrogens is 506 g/mol. The fourth-order valence-electron chi connectivity index (χ4n) is 2.99. The maximum atomic E-state index is 12.9. The molecule has 0 aliphatic heterocycles. The zero-order valence-electron chi connectivity index (χ0n) is 18.1. The molecule has 2 aromatic carbocycles. The van der Waals surface area contributed by atoms with Crippen LogP contribution < -0.4 is 15.0 Å². The summed E-state index contributed by atoms with van der Waals surface area (Å²) in [4.78, 5) is 30.7. The van der Waals surface area contributed by atoms with E-state index in [0.717, 1.165) is 5.56 Å². The predicted octanol–water partition coefficient (Wildman–Crippen LogP) is 4.75. The summed E-state index contributed by atoms with van der Waals surface area (Å²) in [7, 11) is 1.55. The summed E-state index contributed by atoms with van der Waals surface area (Å²) in [6.45, 7) is 2.42. The standard InChI is InChI=1S/C24H22BrN3O4S/c1-3-32-23(30)17-6-9-19(10-7-17)28(15-16-5-4-12-26-14-16)24(33)27-22(29)18-8-11-21(31-2)20(25)13-18/h4-14H,3,15H2,1-2H3,(H,27,29,33). The SMILES string of the molecule is CCOC(=O)c1ccc(N(Cc2cccnc2)C(=S)NC(=O)c2ccc(OC)c(Br)c2)cc1. The van der Waals surface area contributed by atoms with Gasteiger partial charge in [0.25, 0.3) is 5.91 Å². The minimum absolute atomic E-state index is 0.208. The molecule has 1 aromatic heterocycles. The molecule has 7 nitrogen and oxygen atoms in total. The van der Waals surface area contributed by atoms with E-state index in [1.807, 2.05) is 12.1 Å². The maximum Gasteiger partial charge on any atom is 0.338 e. The van der Waals surface area contributed by atoms with E-state index in [1.165, 1.54) is 0 Å². The number of pyridine rings is 1. The second kappa shape index (κ2) is 11.5. The number of esters is 1. The highest BCUT2D eigenvalue weighted by Gasteiger charge is 2.18. The molecule has 0 fully saturated rings. The van der Waals surface area contributed by atoms with Crippen molar-refractivity contribution in [3.8, 4) is 5.75 Å². The van der Waals surface area contributed by atoms with Gasteiger partial charge in [0, 0.05) is 23.6 Å². The molecular formula is C24H22BrN3O4S. The summed E-state index contributed by atoms with van der Waals surface area (Å²) >= 11 is 8.97. The molecule has 1 N–H and O–H groups in total. The maximum absolute atomic E-state index is 12.9. The van der Waals surface area contributed by atoms with E-state index in [1.54, 1.807) is 73.8 Å². The van der Waals surface area contributed by atoms with Crippen molar-refractivity contribution in [2.45, 2.75) is 13.5 Å². The van der Waals surface area contributed by atoms with Gasteiger partial charge in [0.2, 0.25) is 0 Å². The molecule has 33 heavy (non-hydrogen) atoms. The van der Waals surface area contributed by atoms with Gasteiger partial charge in [-0.15, -0.1) is 0 Å². The Morgan fingerprint density at radius 2 is 1.85 bits per heavy atom. The first kappa shape index (κ1) is 24.3. The lowest BCUT2D eigenvalue weighted by Crippen LogP contribution is -2.42. The third kappa shape index (κ3) is 6.36. The number of amides is 1. The molecule has 0 radical (unpaired) electrons. The van der Waals surface area contributed by atoms with Crippen molar-refractivity contribution in [2.75, 3.05) is 18.6 Å². The molecule has 0 aliphatic carbocycles. The Morgan fingerprint density at radius 3 is 2.45 bits per heavy atom. The second-order valence-corrected chi connectivity index (χ2v) is 8.06. The van der Waals surface area contributed by atoms with Crippen molar-refractivity contribution >= 4 is 50.8 Å². The van der Waals surface area contributed by atoms with E-state index < -0.39 is 5.97 Å². The van der Waals surface area contributed by atoms with Gasteiger partial charge in [-0.3, -0.25) is 15.1 Å². The Hall–Kier alpha value is -3.30. The Kier molecular flexibility index (Phi) is 8.51. The molecule has 0 saturated carbocycles. The molecule has 0 saturated heterocycles. The summed E-state index contributed by atoms with van der Waals surface area (Å²) in [5.41, 5.74) is 2.45. The lowest BCUT2D eigenvalue weighted by atomic mass is 10.2. The minimum Gasteiger partial charge on any atom is -0.496 e. The molecule has 0 spiro atoms. The van der Waals surface area contributed by atoms with Crippen LogP contribution >= 0.6 is 28.1 Å². The first-order valence-corrected chi connectivity index (χ1v) is 11.3. The van der Waals surface area contributed by atoms with Crippen molar-refractivity contribution in [1.29, 1.82) is 0 Å². The van der Waals surface area contributed by atoms with Gasteiger partial charge in [-0.25, -0.2) is 4.79 Å². The molecule has 3 aromatic rings. The molecule has 0 unspecified atom stereocenters. The number of hydrogen-bond acceptors (Lipinski definition) is 6. The molecule has 0 bridgehead atoms. The van der Waals surface area contributed by atoms with Gasteiger partial charge in [0.15, 0.2) is 5.11 Å². The number of nitrogens with one attached hydrogen (secondary N) is 1. The third-order valence-electron chi connectivity index (χ3n) is 4.63. The number of rotatable bonds is 7. The van der Waals surface area contributed by atoms with Gasteiger partial charge >= 0.3 is 5.97 Å². The van der Waals surface area contributed by atoms with Gasteiger partial charge in [-0.1, -0.05) is 6.07 Å². The number of anilines is 1. The smallest absolute Gasteiger partial charge is 0.338 e. The molecule has 170 valence electrons. The number of methoxy groups -OCH3 is 1. The number of benzene rings is 2. The van der Waals surface area contributed by atoms with E-state index in [4.69, 9.17) is 21.7 Å². The molecule has 0 atom stereocenters. The number of aromatic nitrogens is 1. The van der Waals surface area contributed by atoms with Crippen LogP contribution in [-0.2, 0) is 11.3 Å². The number of nitrogens with zero attached hydrogens (tertiary/aromatic N) is 2. The fourth-order valence-corrected chi connectivity index (χ4v) is 3.79. The quantitative estimate of drug-likeness (QED) is 0.350. The normalized spacial score (nSPS) is 10.3. The highest BCUT2D eigenvalue weighted by atomic mass is 79.9. The van der Waals surface area contributed by atoms with Gasteiger partial charge in [0.1, 0.15) is 5.75 Å². The number of thiocarbonyl (C=S) groups is 1. The number of carbonyl (C=O) groups excluding carboxylic acids is 2. The Balaban J connectivity index is 1.84. The number of halogens is 1. The summed E-state index contributed by atoms with van der Waals surface area (Å²) in [6, 6.07) is 15.6. The zero-order chi connectivity index (χ0) is 23.8. The summed E-state index contributed by atoms with van der Waals surface area (Å²) in [6.07, 6.45) is 3.41. The summed E-state index contributed by atoms with van der Waals surface area (Å²) < 4.78 is 10.9. The van der Waals surface area contributed by atoms with Crippen LogP contribution in [0.15, 0.2) is 71.5 Å². The average molecular weight is 528 g/mol. The van der Waals surface area contributed by atoms with Crippen molar-refractivity contribution in [2.24, 2.45) is 0 Å². The molecule has 9 heteroatoms. The van der Waals surface area contributed by atoms with Crippen LogP contribution in [0.25, 0.3) is 0 Å². The monoisotopic (exact) mass is 527 g/mol. The van der Waals surface area contributed by atoms with E-state index in [-0.39, 0.29) is 11.0 Å². The predicted molar refractivity (Wildman–Crippen MR) is 134 cm³/mol. The molecule has 3 rings (SSSR count). The Labute approximate surface area is 205 Å². The first-order chi connectivity index (χ1) is 15.9. The summed E-state index contributed by atoms with van der Waals surface area (Å²) in [5, 5.41) is 2.99. The van der Waals surface area contributed by atoms with Crippen LogP contribution in [0.2, 0.25) is 0 Å². The van der Waals surface area contributed by atoms with Gasteiger partial charge in [0.05, 0.1) is 30.3 Å². The topological polar surface area (TPSA) is 80.8 Å². The van der Waals surface area contributed by atoms with Crippen molar-refractivity contribution < 1.29 is 19.1 Å². The number of hydrogen-bond donors (Lipinski definition) is 1. The lowest BCUT2D eigenvalue weighted by molar-refractivity contribution is 0.0526. The van der Waals surface area contributed by atoms with Crippen LogP contribution in [0.5, 0.6) is 5.75 Å². The first-order valence-electron chi connectivity index (χ1n) is 10.1.